The summed E-state index contributed by atoms with van der Waals surface area (Å²) in [7, 11) is 0. The predicted octanol–water partition coefficient (Wildman–Crippen LogP) is 2.24. The molecule has 1 aliphatic rings. The first-order valence-corrected chi connectivity index (χ1v) is 8.89. The van der Waals surface area contributed by atoms with Crippen molar-refractivity contribution in [2.45, 2.75) is 19.3 Å². The molecule has 5 heteroatoms. The molecule has 5 nitrogen and oxygen atoms in total. The summed E-state index contributed by atoms with van der Waals surface area (Å²) in [6.45, 7) is 2.71. The van der Waals surface area contributed by atoms with Crippen LogP contribution in [0.2, 0.25) is 0 Å². The summed E-state index contributed by atoms with van der Waals surface area (Å²) in [4.78, 5) is 26.5. The van der Waals surface area contributed by atoms with E-state index in [1.54, 1.807) is 4.90 Å². The maximum absolute atomic E-state index is 12.5. The lowest BCUT2D eigenvalue weighted by Crippen LogP contribution is -2.36. The Morgan fingerprint density at radius 1 is 1.19 bits per heavy atom. The van der Waals surface area contributed by atoms with Gasteiger partial charge < -0.3 is 15.3 Å². The number of hydrogen-bond acceptors (Lipinski definition) is 3. The van der Waals surface area contributed by atoms with E-state index < -0.39 is 0 Å². The highest BCUT2D eigenvalue weighted by Gasteiger charge is 2.35. The number of nitrogens with zero attached hydrogens (tertiary/aromatic N) is 1. The number of aryl methyl sites for hydroxylation is 1. The van der Waals surface area contributed by atoms with Crippen LogP contribution in [0.5, 0.6) is 0 Å². The van der Waals surface area contributed by atoms with Crippen molar-refractivity contribution in [2.24, 2.45) is 5.92 Å². The summed E-state index contributed by atoms with van der Waals surface area (Å²) in [5.41, 5.74) is 2.94. The minimum atomic E-state index is -0.362. The molecule has 0 bridgehead atoms. The Morgan fingerprint density at radius 3 is 2.54 bits per heavy atom. The number of aliphatic hydroxyl groups is 1. The zero-order valence-electron chi connectivity index (χ0n) is 14.9. The van der Waals surface area contributed by atoms with E-state index in [2.05, 4.69) is 5.32 Å². The summed E-state index contributed by atoms with van der Waals surface area (Å²) in [5.74, 6) is -0.678. The molecule has 2 aromatic rings. The van der Waals surface area contributed by atoms with E-state index in [-0.39, 0.29) is 36.7 Å². The van der Waals surface area contributed by atoms with Crippen LogP contribution in [0, 0.1) is 12.8 Å². The van der Waals surface area contributed by atoms with Gasteiger partial charge in [0.05, 0.1) is 12.5 Å². The average molecular weight is 352 g/mol. The minimum Gasteiger partial charge on any atom is -0.396 e. The number of carbonyl (C=O) groups excluding carboxylic acids is 2. The molecule has 1 fully saturated rings. The molecule has 136 valence electrons. The molecule has 0 saturated carbocycles. The average Bonchev–Trinajstić information content (AvgIpc) is 3.05. The Kier molecular flexibility index (Phi) is 5.68. The molecule has 0 spiro atoms. The lowest BCUT2D eigenvalue weighted by Gasteiger charge is -2.18. The van der Waals surface area contributed by atoms with E-state index in [1.165, 1.54) is 0 Å². The Bertz CT molecular complexity index is 759. The first kappa shape index (κ1) is 18.1. The highest BCUT2D eigenvalue weighted by atomic mass is 16.3. The zero-order valence-corrected chi connectivity index (χ0v) is 14.9. The molecule has 2 atom stereocenters. The number of benzene rings is 2. The molecule has 26 heavy (non-hydrogen) atoms. The minimum absolute atomic E-state index is 0.0317. The fourth-order valence-corrected chi connectivity index (χ4v) is 3.24. The van der Waals surface area contributed by atoms with Crippen LogP contribution < -0.4 is 10.2 Å². The lowest BCUT2D eigenvalue weighted by atomic mass is 9.99. The van der Waals surface area contributed by atoms with Crippen LogP contribution in [0.4, 0.5) is 5.69 Å². The second-order valence-corrected chi connectivity index (χ2v) is 6.78. The maximum atomic E-state index is 12.5. The van der Waals surface area contributed by atoms with Crippen LogP contribution in [0.1, 0.15) is 23.5 Å². The monoisotopic (exact) mass is 352 g/mol. The van der Waals surface area contributed by atoms with Crippen molar-refractivity contribution in [2.75, 3.05) is 24.6 Å². The first-order chi connectivity index (χ1) is 12.6. The number of rotatable bonds is 6. The molecule has 2 N–H and O–H groups in total. The van der Waals surface area contributed by atoms with Gasteiger partial charge in [0, 0.05) is 31.1 Å². The smallest absolute Gasteiger partial charge is 0.227 e. The van der Waals surface area contributed by atoms with Gasteiger partial charge in [-0.2, -0.15) is 0 Å². The van der Waals surface area contributed by atoms with Gasteiger partial charge in [0.2, 0.25) is 11.8 Å². The van der Waals surface area contributed by atoms with Crippen molar-refractivity contribution in [1.29, 1.82) is 0 Å². The van der Waals surface area contributed by atoms with E-state index in [1.807, 2.05) is 61.5 Å². The molecule has 0 aromatic heterocycles. The molecule has 0 radical (unpaired) electrons. The highest BCUT2D eigenvalue weighted by molar-refractivity contribution is 6.00. The third kappa shape index (κ3) is 4.11. The van der Waals surface area contributed by atoms with Crippen molar-refractivity contribution < 1.29 is 14.7 Å². The van der Waals surface area contributed by atoms with E-state index in [9.17, 15) is 14.7 Å². The maximum Gasteiger partial charge on any atom is 0.227 e. The van der Waals surface area contributed by atoms with E-state index in [4.69, 9.17) is 0 Å². The third-order valence-corrected chi connectivity index (χ3v) is 4.86. The molecule has 0 aliphatic carbocycles. The summed E-state index contributed by atoms with van der Waals surface area (Å²) >= 11 is 0. The SMILES string of the molecule is Cc1ccc(N2C[C@H](C(=O)NC[C@H](CO)c3ccccc3)CC2=O)cc1. The Balaban J connectivity index is 1.58. The first-order valence-electron chi connectivity index (χ1n) is 8.89. The highest BCUT2D eigenvalue weighted by Crippen LogP contribution is 2.25. The van der Waals surface area contributed by atoms with Gasteiger partial charge in [-0.25, -0.2) is 0 Å². The Morgan fingerprint density at radius 2 is 1.88 bits per heavy atom. The van der Waals surface area contributed by atoms with Crippen LogP contribution in [-0.4, -0.2) is 36.6 Å². The van der Waals surface area contributed by atoms with Crippen LogP contribution in [0.15, 0.2) is 54.6 Å². The van der Waals surface area contributed by atoms with E-state index in [0.29, 0.717) is 13.1 Å². The quantitative estimate of drug-likeness (QED) is 0.838. The number of anilines is 1. The van der Waals surface area contributed by atoms with Gasteiger partial charge in [0.1, 0.15) is 0 Å². The van der Waals surface area contributed by atoms with Crippen LogP contribution in [0.3, 0.4) is 0 Å². The predicted molar refractivity (Wildman–Crippen MR) is 101 cm³/mol. The van der Waals surface area contributed by atoms with Crippen molar-refractivity contribution in [3.63, 3.8) is 0 Å². The molecule has 2 aromatic carbocycles. The number of carbonyl (C=O) groups is 2. The van der Waals surface area contributed by atoms with Crippen molar-refractivity contribution >= 4 is 17.5 Å². The number of nitrogens with one attached hydrogen (secondary N) is 1. The summed E-state index contributed by atoms with van der Waals surface area (Å²) in [6, 6.07) is 17.3. The Hall–Kier alpha value is -2.66. The molecule has 1 saturated heterocycles. The van der Waals surface area contributed by atoms with Gasteiger partial charge in [-0.05, 0) is 24.6 Å². The van der Waals surface area contributed by atoms with Crippen molar-refractivity contribution in [3.05, 3.63) is 65.7 Å². The molecule has 0 unspecified atom stereocenters. The molecule has 1 aliphatic heterocycles. The van der Waals surface area contributed by atoms with Gasteiger partial charge in [-0.3, -0.25) is 9.59 Å². The zero-order chi connectivity index (χ0) is 18.5. The van der Waals surface area contributed by atoms with Crippen LogP contribution >= 0.6 is 0 Å². The molecular formula is C21H24N2O3. The van der Waals surface area contributed by atoms with Crippen molar-refractivity contribution in [3.8, 4) is 0 Å². The lowest BCUT2D eigenvalue weighted by molar-refractivity contribution is -0.126. The van der Waals surface area contributed by atoms with Crippen LogP contribution in [0.25, 0.3) is 0 Å². The fourth-order valence-electron chi connectivity index (χ4n) is 3.24. The number of hydrogen-bond donors (Lipinski definition) is 2. The molecular weight excluding hydrogens is 328 g/mol. The molecule has 1 heterocycles. The normalized spacial score (nSPS) is 18.0. The molecule has 3 rings (SSSR count). The summed E-state index contributed by atoms with van der Waals surface area (Å²) in [5, 5.41) is 12.5. The second kappa shape index (κ2) is 8.15. The third-order valence-electron chi connectivity index (χ3n) is 4.86. The number of aliphatic hydroxyl groups excluding tert-OH is 1. The fraction of sp³-hybridized carbons (Fsp3) is 0.333. The van der Waals surface area contributed by atoms with Gasteiger partial charge in [-0.1, -0.05) is 48.0 Å². The van der Waals surface area contributed by atoms with E-state index in [0.717, 1.165) is 16.8 Å². The standard InChI is InChI=1S/C21H24N2O3/c1-15-7-9-19(10-8-15)23-13-17(11-20(23)25)21(26)22-12-18(14-24)16-5-3-2-4-6-16/h2-10,17-18,24H,11-14H2,1H3,(H,22,26)/t17-,18-/m1/s1. The van der Waals surface area contributed by atoms with E-state index >= 15 is 0 Å². The van der Waals surface area contributed by atoms with Gasteiger partial charge in [0.15, 0.2) is 0 Å². The molecule has 2 amide bonds. The Labute approximate surface area is 153 Å². The topological polar surface area (TPSA) is 69.6 Å². The summed E-state index contributed by atoms with van der Waals surface area (Å²) in [6.07, 6.45) is 0.217. The van der Waals surface area contributed by atoms with Gasteiger partial charge in [0.25, 0.3) is 0 Å². The summed E-state index contributed by atoms with van der Waals surface area (Å²) < 4.78 is 0. The van der Waals surface area contributed by atoms with Gasteiger partial charge >= 0.3 is 0 Å². The largest absolute Gasteiger partial charge is 0.396 e. The number of amides is 2. The second-order valence-electron chi connectivity index (χ2n) is 6.78. The van der Waals surface area contributed by atoms with Crippen molar-refractivity contribution in [1.82, 2.24) is 5.32 Å². The van der Waals surface area contributed by atoms with Crippen LogP contribution in [-0.2, 0) is 9.59 Å². The van der Waals surface area contributed by atoms with Gasteiger partial charge in [-0.15, -0.1) is 0 Å².